The molecular formula is C13H24N2O4. The Bertz CT molecular complexity index is 314. The van der Waals surface area contributed by atoms with E-state index in [4.69, 9.17) is 5.11 Å². The summed E-state index contributed by atoms with van der Waals surface area (Å²) in [5.74, 6) is -0.787. The zero-order valence-corrected chi connectivity index (χ0v) is 11.6. The Kier molecular flexibility index (Phi) is 6.08. The third-order valence-corrected chi connectivity index (χ3v) is 3.75. The zero-order chi connectivity index (χ0) is 14.4. The Morgan fingerprint density at radius 2 is 1.68 bits per heavy atom. The number of hydrogen-bond donors (Lipinski definition) is 4. The van der Waals surface area contributed by atoms with Gasteiger partial charge in [-0.05, 0) is 32.6 Å². The molecule has 0 aromatic rings. The van der Waals surface area contributed by atoms with E-state index in [0.717, 1.165) is 12.8 Å². The summed E-state index contributed by atoms with van der Waals surface area (Å²) in [6.07, 6.45) is 4.68. The first-order valence-electron chi connectivity index (χ1n) is 6.89. The van der Waals surface area contributed by atoms with Gasteiger partial charge in [-0.25, -0.2) is 9.59 Å². The van der Waals surface area contributed by atoms with Gasteiger partial charge in [0.2, 0.25) is 0 Å². The van der Waals surface area contributed by atoms with Crippen LogP contribution in [0.5, 0.6) is 0 Å². The molecule has 0 aromatic heterocycles. The second-order valence-electron chi connectivity index (χ2n) is 5.36. The molecule has 0 aliphatic heterocycles. The van der Waals surface area contributed by atoms with Gasteiger partial charge in [0.25, 0.3) is 0 Å². The molecule has 1 aliphatic carbocycles. The lowest BCUT2D eigenvalue weighted by atomic mass is 9.85. The van der Waals surface area contributed by atoms with Crippen LogP contribution < -0.4 is 10.6 Å². The number of hydrogen-bond acceptors (Lipinski definition) is 3. The van der Waals surface area contributed by atoms with E-state index in [0.29, 0.717) is 5.92 Å². The maximum atomic E-state index is 11.7. The molecule has 3 atom stereocenters. The molecule has 1 rings (SSSR count). The third-order valence-electron chi connectivity index (χ3n) is 3.75. The van der Waals surface area contributed by atoms with E-state index in [2.05, 4.69) is 10.6 Å². The molecule has 0 heterocycles. The van der Waals surface area contributed by atoms with Crippen molar-refractivity contribution >= 4 is 12.0 Å². The van der Waals surface area contributed by atoms with E-state index < -0.39 is 24.1 Å². The SMILES string of the molecule is CC(NC(=O)N[C@H](C(=O)O)[C@@H](C)O)C1CCCCC1. The molecule has 4 N–H and O–H groups in total. The van der Waals surface area contributed by atoms with Crippen LogP contribution >= 0.6 is 0 Å². The van der Waals surface area contributed by atoms with Crippen molar-refractivity contribution in [3.8, 4) is 0 Å². The van der Waals surface area contributed by atoms with Gasteiger partial charge in [-0.1, -0.05) is 19.3 Å². The van der Waals surface area contributed by atoms with Gasteiger partial charge < -0.3 is 20.8 Å². The van der Waals surface area contributed by atoms with Gasteiger partial charge in [0.1, 0.15) is 0 Å². The highest BCUT2D eigenvalue weighted by molar-refractivity contribution is 5.83. The number of urea groups is 1. The molecular weight excluding hydrogens is 248 g/mol. The molecule has 19 heavy (non-hydrogen) atoms. The second kappa shape index (κ2) is 7.33. The topological polar surface area (TPSA) is 98.7 Å². The van der Waals surface area contributed by atoms with Crippen molar-refractivity contribution in [2.75, 3.05) is 0 Å². The first-order chi connectivity index (χ1) is 8.91. The maximum Gasteiger partial charge on any atom is 0.328 e. The van der Waals surface area contributed by atoms with Crippen molar-refractivity contribution in [2.45, 2.75) is 64.1 Å². The van der Waals surface area contributed by atoms with Crippen molar-refractivity contribution in [2.24, 2.45) is 5.92 Å². The second-order valence-corrected chi connectivity index (χ2v) is 5.36. The predicted molar refractivity (Wildman–Crippen MR) is 70.8 cm³/mol. The molecule has 2 amide bonds. The lowest BCUT2D eigenvalue weighted by Gasteiger charge is -2.29. The minimum absolute atomic E-state index is 0.0174. The quantitative estimate of drug-likeness (QED) is 0.602. The summed E-state index contributed by atoms with van der Waals surface area (Å²) in [7, 11) is 0. The molecule has 0 radical (unpaired) electrons. The first-order valence-corrected chi connectivity index (χ1v) is 6.89. The number of amides is 2. The number of rotatable bonds is 5. The molecule has 6 heteroatoms. The Labute approximate surface area is 113 Å². The summed E-state index contributed by atoms with van der Waals surface area (Å²) in [5.41, 5.74) is 0. The molecule has 1 aliphatic rings. The molecule has 0 aromatic carbocycles. The summed E-state index contributed by atoms with van der Waals surface area (Å²) in [6.45, 7) is 3.28. The highest BCUT2D eigenvalue weighted by Gasteiger charge is 2.27. The van der Waals surface area contributed by atoms with E-state index in [-0.39, 0.29) is 6.04 Å². The lowest BCUT2D eigenvalue weighted by Crippen LogP contribution is -2.53. The molecule has 1 unspecified atom stereocenters. The van der Waals surface area contributed by atoms with E-state index in [1.807, 2.05) is 6.92 Å². The van der Waals surface area contributed by atoms with E-state index in [1.165, 1.54) is 26.2 Å². The monoisotopic (exact) mass is 272 g/mol. The lowest BCUT2D eigenvalue weighted by molar-refractivity contribution is -0.141. The average molecular weight is 272 g/mol. The molecule has 0 spiro atoms. The van der Waals surface area contributed by atoms with Gasteiger partial charge in [0.05, 0.1) is 6.10 Å². The summed E-state index contributed by atoms with van der Waals surface area (Å²) in [6, 6.07) is -1.80. The molecule has 1 saturated carbocycles. The standard InChI is InChI=1S/C13H24N2O4/c1-8(10-6-4-3-5-7-10)14-13(19)15-11(9(2)16)12(17)18/h8-11,16H,3-7H2,1-2H3,(H,17,18)(H2,14,15,19)/t8?,9-,11+/m1/s1. The van der Waals surface area contributed by atoms with Crippen molar-refractivity contribution < 1.29 is 19.8 Å². The van der Waals surface area contributed by atoms with Crippen LogP contribution in [0.15, 0.2) is 0 Å². The van der Waals surface area contributed by atoms with Gasteiger partial charge >= 0.3 is 12.0 Å². The van der Waals surface area contributed by atoms with Crippen LogP contribution in [0.1, 0.15) is 46.0 Å². The molecule has 1 fully saturated rings. The molecule has 110 valence electrons. The zero-order valence-electron chi connectivity index (χ0n) is 11.6. The summed E-state index contributed by atoms with van der Waals surface area (Å²) < 4.78 is 0. The van der Waals surface area contributed by atoms with E-state index in [9.17, 15) is 14.7 Å². The van der Waals surface area contributed by atoms with Crippen LogP contribution in [0, 0.1) is 5.92 Å². The van der Waals surface area contributed by atoms with Crippen molar-refractivity contribution in [3.05, 3.63) is 0 Å². The highest BCUT2D eigenvalue weighted by Crippen LogP contribution is 2.26. The van der Waals surface area contributed by atoms with E-state index >= 15 is 0 Å². The summed E-state index contributed by atoms with van der Waals surface area (Å²) in [5, 5.41) is 23.2. The van der Waals surface area contributed by atoms with Gasteiger partial charge in [-0.15, -0.1) is 0 Å². The van der Waals surface area contributed by atoms with Crippen LogP contribution in [-0.4, -0.2) is 40.4 Å². The number of carbonyl (C=O) groups is 2. The van der Waals surface area contributed by atoms with Crippen LogP contribution in [0.2, 0.25) is 0 Å². The molecule has 0 saturated heterocycles. The van der Waals surface area contributed by atoms with Crippen molar-refractivity contribution in [3.63, 3.8) is 0 Å². The fourth-order valence-electron chi connectivity index (χ4n) is 2.53. The molecule has 0 bridgehead atoms. The number of carboxylic acid groups (broad SMARTS) is 1. The Balaban J connectivity index is 2.42. The summed E-state index contributed by atoms with van der Waals surface area (Å²) in [4.78, 5) is 22.6. The van der Waals surface area contributed by atoms with Gasteiger partial charge in [0.15, 0.2) is 6.04 Å². The Morgan fingerprint density at radius 3 is 2.16 bits per heavy atom. The smallest absolute Gasteiger partial charge is 0.328 e. The van der Waals surface area contributed by atoms with Crippen LogP contribution in [0.25, 0.3) is 0 Å². The fraction of sp³-hybridized carbons (Fsp3) is 0.846. The fourth-order valence-corrected chi connectivity index (χ4v) is 2.53. The van der Waals surface area contributed by atoms with Crippen molar-refractivity contribution in [1.29, 1.82) is 0 Å². The highest BCUT2D eigenvalue weighted by atomic mass is 16.4. The minimum atomic E-state index is -1.28. The van der Waals surface area contributed by atoms with Gasteiger partial charge in [-0.3, -0.25) is 0 Å². The maximum absolute atomic E-state index is 11.7. The largest absolute Gasteiger partial charge is 0.480 e. The van der Waals surface area contributed by atoms with Gasteiger partial charge in [-0.2, -0.15) is 0 Å². The minimum Gasteiger partial charge on any atom is -0.480 e. The average Bonchev–Trinajstić information content (AvgIpc) is 2.36. The van der Waals surface area contributed by atoms with Crippen LogP contribution in [0.3, 0.4) is 0 Å². The first kappa shape index (κ1) is 15.8. The third kappa shape index (κ3) is 5.06. The number of nitrogens with one attached hydrogen (secondary N) is 2. The number of carboxylic acids is 1. The summed E-state index contributed by atoms with van der Waals surface area (Å²) >= 11 is 0. The number of aliphatic carboxylic acids is 1. The van der Waals surface area contributed by atoms with Gasteiger partial charge in [0, 0.05) is 6.04 Å². The van der Waals surface area contributed by atoms with Crippen LogP contribution in [0.4, 0.5) is 4.79 Å². The number of carbonyl (C=O) groups excluding carboxylic acids is 1. The number of aliphatic hydroxyl groups excluding tert-OH is 1. The normalized spacial score (nSPS) is 21.2. The predicted octanol–water partition coefficient (Wildman–Crippen LogP) is 1.09. The van der Waals surface area contributed by atoms with Crippen molar-refractivity contribution in [1.82, 2.24) is 10.6 Å². The number of aliphatic hydroxyl groups is 1. The molecule has 6 nitrogen and oxygen atoms in total. The van der Waals surface area contributed by atoms with Crippen LogP contribution in [-0.2, 0) is 4.79 Å². The Hall–Kier alpha value is -1.30. The van der Waals surface area contributed by atoms with E-state index in [1.54, 1.807) is 0 Å². The Morgan fingerprint density at radius 1 is 1.11 bits per heavy atom.